The van der Waals surface area contributed by atoms with Crippen LogP contribution in [0.2, 0.25) is 0 Å². The minimum atomic E-state index is -2.64. The summed E-state index contributed by atoms with van der Waals surface area (Å²) < 4.78 is 27.7. The van der Waals surface area contributed by atoms with Crippen molar-refractivity contribution in [3.63, 3.8) is 0 Å². The van der Waals surface area contributed by atoms with Crippen LogP contribution in [0.15, 0.2) is 28.7 Å². The molecule has 0 amide bonds. The third kappa shape index (κ3) is 1.75. The molecule has 0 saturated heterocycles. The number of benzene rings is 1. The highest BCUT2D eigenvalue weighted by molar-refractivity contribution is 9.10. The quantitative estimate of drug-likeness (QED) is 0.742. The number of halogens is 3. The molecule has 0 radical (unpaired) electrons. The van der Waals surface area contributed by atoms with Crippen LogP contribution >= 0.6 is 15.9 Å². The highest BCUT2D eigenvalue weighted by Crippen LogP contribution is 2.49. The third-order valence-electron chi connectivity index (χ3n) is 2.30. The lowest BCUT2D eigenvalue weighted by atomic mass is 10.0. The second kappa shape index (κ2) is 3.05. The van der Waals surface area contributed by atoms with Crippen LogP contribution in [-0.2, 0) is 5.92 Å². The van der Waals surface area contributed by atoms with Crippen molar-refractivity contribution in [3.05, 3.63) is 34.3 Å². The zero-order valence-corrected chi connectivity index (χ0v) is 8.52. The zero-order valence-electron chi connectivity index (χ0n) is 6.93. The summed E-state index contributed by atoms with van der Waals surface area (Å²) >= 11 is 3.19. The Hall–Kier alpha value is -0.440. The summed E-state index contributed by atoms with van der Waals surface area (Å²) in [6, 6.07) is 6.39. The summed E-state index contributed by atoms with van der Waals surface area (Å²) in [7, 11) is 0. The van der Waals surface area contributed by atoms with Crippen molar-refractivity contribution >= 4 is 15.9 Å². The van der Waals surface area contributed by atoms with E-state index in [1.807, 2.05) is 0 Å². The molecule has 2 rings (SSSR count). The molecule has 1 aliphatic carbocycles. The molecule has 0 nitrogen and oxygen atoms in total. The lowest BCUT2D eigenvalue weighted by Gasteiger charge is -2.15. The summed E-state index contributed by atoms with van der Waals surface area (Å²) in [6.45, 7) is 0. The van der Waals surface area contributed by atoms with Gasteiger partial charge in [0.05, 0.1) is 0 Å². The molecule has 0 N–H and O–H groups in total. The molecule has 1 aromatic carbocycles. The van der Waals surface area contributed by atoms with E-state index in [-0.39, 0.29) is 5.56 Å². The van der Waals surface area contributed by atoms with E-state index in [0.29, 0.717) is 17.3 Å². The van der Waals surface area contributed by atoms with Crippen molar-refractivity contribution in [1.82, 2.24) is 0 Å². The SMILES string of the molecule is FC(F)(c1cccc(Br)c1)C1CC1. The molecule has 1 saturated carbocycles. The number of hydrogen-bond acceptors (Lipinski definition) is 0. The highest BCUT2D eigenvalue weighted by Gasteiger charge is 2.47. The average Bonchev–Trinajstić information content (AvgIpc) is 2.86. The van der Waals surface area contributed by atoms with Crippen molar-refractivity contribution in [3.8, 4) is 0 Å². The number of rotatable bonds is 2. The molecule has 0 aromatic heterocycles. The third-order valence-corrected chi connectivity index (χ3v) is 2.79. The molecule has 0 unspecified atom stereocenters. The van der Waals surface area contributed by atoms with E-state index in [2.05, 4.69) is 15.9 Å². The summed E-state index contributed by atoms with van der Waals surface area (Å²) in [6.07, 6.45) is 1.30. The first kappa shape index (κ1) is 9.13. The summed E-state index contributed by atoms with van der Waals surface area (Å²) in [5.74, 6) is -3.06. The van der Waals surface area contributed by atoms with E-state index in [4.69, 9.17) is 0 Å². The molecule has 0 bridgehead atoms. The number of hydrogen-bond donors (Lipinski definition) is 0. The second-order valence-electron chi connectivity index (χ2n) is 3.41. The first-order valence-electron chi connectivity index (χ1n) is 4.24. The average molecular weight is 247 g/mol. The Bertz CT molecular complexity index is 318. The zero-order chi connectivity index (χ0) is 9.47. The second-order valence-corrected chi connectivity index (χ2v) is 4.32. The van der Waals surface area contributed by atoms with Gasteiger partial charge in [-0.3, -0.25) is 0 Å². The van der Waals surface area contributed by atoms with Crippen molar-refractivity contribution in [2.24, 2.45) is 5.92 Å². The summed E-state index contributed by atoms with van der Waals surface area (Å²) in [4.78, 5) is 0. The molecule has 1 aromatic rings. The standard InChI is InChI=1S/C10H9BrF2/c11-9-3-1-2-8(6-9)10(12,13)7-4-5-7/h1-3,6-7H,4-5H2. The molecule has 13 heavy (non-hydrogen) atoms. The molecule has 0 spiro atoms. The van der Waals surface area contributed by atoms with E-state index in [9.17, 15) is 8.78 Å². The van der Waals surface area contributed by atoms with Crippen molar-refractivity contribution < 1.29 is 8.78 Å². The van der Waals surface area contributed by atoms with Gasteiger partial charge >= 0.3 is 0 Å². The maximum atomic E-state index is 13.5. The van der Waals surface area contributed by atoms with Gasteiger partial charge in [0.2, 0.25) is 0 Å². The van der Waals surface area contributed by atoms with E-state index in [0.717, 1.165) is 0 Å². The molecule has 0 atom stereocenters. The fraction of sp³-hybridized carbons (Fsp3) is 0.400. The van der Waals surface area contributed by atoms with Crippen LogP contribution in [0.1, 0.15) is 18.4 Å². The Morgan fingerprint density at radius 3 is 2.54 bits per heavy atom. The van der Waals surface area contributed by atoms with Gasteiger partial charge in [-0.05, 0) is 25.0 Å². The van der Waals surface area contributed by atoms with Crippen LogP contribution in [0.3, 0.4) is 0 Å². The van der Waals surface area contributed by atoms with Crippen LogP contribution in [0, 0.1) is 5.92 Å². The summed E-state index contributed by atoms with van der Waals surface area (Å²) in [5, 5.41) is 0. The van der Waals surface area contributed by atoms with Gasteiger partial charge in [-0.25, -0.2) is 8.78 Å². The van der Waals surface area contributed by atoms with Gasteiger partial charge < -0.3 is 0 Å². The van der Waals surface area contributed by atoms with Gasteiger partial charge in [0.25, 0.3) is 5.92 Å². The Morgan fingerprint density at radius 2 is 2.00 bits per heavy atom. The van der Waals surface area contributed by atoms with Gasteiger partial charge in [0, 0.05) is 16.0 Å². The minimum Gasteiger partial charge on any atom is -0.201 e. The number of alkyl halides is 2. The molecule has 0 aliphatic heterocycles. The molecule has 70 valence electrons. The fourth-order valence-electron chi connectivity index (χ4n) is 1.38. The topological polar surface area (TPSA) is 0 Å². The lowest BCUT2D eigenvalue weighted by Crippen LogP contribution is -2.15. The van der Waals surface area contributed by atoms with Gasteiger partial charge in [-0.1, -0.05) is 28.1 Å². The predicted octanol–water partition coefficient (Wildman–Crippen LogP) is 3.95. The lowest BCUT2D eigenvalue weighted by molar-refractivity contribution is -0.0286. The molecule has 1 aliphatic rings. The fourth-order valence-corrected chi connectivity index (χ4v) is 1.78. The first-order chi connectivity index (χ1) is 6.10. The predicted molar refractivity (Wildman–Crippen MR) is 50.8 cm³/mol. The molecule has 3 heteroatoms. The smallest absolute Gasteiger partial charge is 0.201 e. The maximum Gasteiger partial charge on any atom is 0.276 e. The first-order valence-corrected chi connectivity index (χ1v) is 5.04. The van der Waals surface area contributed by atoms with Crippen LogP contribution in [0.4, 0.5) is 8.78 Å². The van der Waals surface area contributed by atoms with E-state index in [1.165, 1.54) is 12.1 Å². The molecule has 1 fully saturated rings. The summed E-state index contributed by atoms with van der Waals surface area (Å²) in [5.41, 5.74) is 0.129. The maximum absolute atomic E-state index is 13.5. The van der Waals surface area contributed by atoms with Crippen molar-refractivity contribution in [1.29, 1.82) is 0 Å². The Kier molecular flexibility index (Phi) is 2.14. The van der Waals surface area contributed by atoms with Crippen molar-refractivity contribution in [2.75, 3.05) is 0 Å². The van der Waals surface area contributed by atoms with Gasteiger partial charge in [0.1, 0.15) is 0 Å². The Morgan fingerprint density at radius 1 is 1.31 bits per heavy atom. The van der Waals surface area contributed by atoms with E-state index < -0.39 is 11.8 Å². The minimum absolute atomic E-state index is 0.129. The van der Waals surface area contributed by atoms with Crippen LogP contribution in [0.5, 0.6) is 0 Å². The van der Waals surface area contributed by atoms with Crippen LogP contribution in [0.25, 0.3) is 0 Å². The molecular formula is C10H9BrF2. The van der Waals surface area contributed by atoms with Crippen LogP contribution in [-0.4, -0.2) is 0 Å². The van der Waals surface area contributed by atoms with E-state index >= 15 is 0 Å². The van der Waals surface area contributed by atoms with E-state index in [1.54, 1.807) is 12.1 Å². The van der Waals surface area contributed by atoms with Gasteiger partial charge in [-0.15, -0.1) is 0 Å². The van der Waals surface area contributed by atoms with Crippen molar-refractivity contribution in [2.45, 2.75) is 18.8 Å². The van der Waals surface area contributed by atoms with Gasteiger partial charge in [-0.2, -0.15) is 0 Å². The normalized spacial score (nSPS) is 17.5. The van der Waals surface area contributed by atoms with Crippen LogP contribution < -0.4 is 0 Å². The Labute approximate surface area is 84.1 Å². The largest absolute Gasteiger partial charge is 0.276 e. The highest BCUT2D eigenvalue weighted by atomic mass is 79.9. The Balaban J connectivity index is 2.33. The monoisotopic (exact) mass is 246 g/mol. The van der Waals surface area contributed by atoms with Gasteiger partial charge in [0.15, 0.2) is 0 Å². The molecular weight excluding hydrogens is 238 g/mol. The molecule has 0 heterocycles.